The Morgan fingerprint density at radius 3 is 2.00 bits per heavy atom. The van der Waals surface area contributed by atoms with Crippen molar-refractivity contribution in [2.24, 2.45) is 10.8 Å². The van der Waals surface area contributed by atoms with Gasteiger partial charge in [-0.2, -0.15) is 0 Å². The molecule has 1 amide bonds. The number of hydrogen-bond donors (Lipinski definition) is 0. The van der Waals surface area contributed by atoms with Crippen molar-refractivity contribution in [1.29, 1.82) is 0 Å². The number of likely N-dealkylation sites (tertiary alicyclic amines) is 1. The quantitative estimate of drug-likeness (QED) is 0.554. The number of Topliss-reactive ketones (excluding diaryl/α,β-unsaturated/α-hetero) is 2. The Labute approximate surface area is 167 Å². The fourth-order valence-corrected chi connectivity index (χ4v) is 4.76. The molecule has 4 nitrogen and oxygen atoms in total. The normalized spacial score (nSPS) is 19.3. The van der Waals surface area contributed by atoms with Gasteiger partial charge < -0.3 is 4.90 Å². The van der Waals surface area contributed by atoms with E-state index in [0.29, 0.717) is 25.9 Å². The Morgan fingerprint density at radius 2 is 1.57 bits per heavy atom. The second kappa shape index (κ2) is 6.88. The Bertz CT molecular complexity index is 874. The molecular weight excluding hydrogens is 350 g/mol. The second-order valence-corrected chi connectivity index (χ2v) is 9.53. The van der Waals surface area contributed by atoms with Crippen LogP contribution in [-0.2, 0) is 14.4 Å². The first-order valence-electron chi connectivity index (χ1n) is 9.86. The lowest BCUT2D eigenvalue weighted by Crippen LogP contribution is -2.63. The molecule has 3 rings (SSSR count). The molecular formula is C24H29NO3. The molecule has 1 spiro atoms. The molecule has 0 bridgehead atoms. The van der Waals surface area contributed by atoms with Gasteiger partial charge in [0.25, 0.3) is 0 Å². The zero-order chi connectivity index (χ0) is 20.9. The molecule has 0 radical (unpaired) electrons. The van der Waals surface area contributed by atoms with Crippen molar-refractivity contribution in [2.75, 3.05) is 13.1 Å². The number of hydrogen-bond acceptors (Lipinski definition) is 3. The monoisotopic (exact) mass is 379 g/mol. The van der Waals surface area contributed by atoms with Gasteiger partial charge in [-0.3, -0.25) is 14.4 Å². The molecule has 148 valence electrons. The lowest BCUT2D eigenvalue weighted by atomic mass is 9.62. The minimum Gasteiger partial charge on any atom is -0.341 e. The number of amides is 1. The van der Waals surface area contributed by atoms with Crippen molar-refractivity contribution >= 4 is 17.5 Å². The topological polar surface area (TPSA) is 54.5 Å². The van der Waals surface area contributed by atoms with Crippen LogP contribution < -0.4 is 0 Å². The average Bonchev–Trinajstić information content (AvgIpc) is 2.53. The van der Waals surface area contributed by atoms with Crippen molar-refractivity contribution in [1.82, 2.24) is 4.90 Å². The highest BCUT2D eigenvalue weighted by atomic mass is 16.2. The van der Waals surface area contributed by atoms with Crippen molar-refractivity contribution < 1.29 is 14.4 Å². The van der Waals surface area contributed by atoms with Crippen LogP contribution >= 0.6 is 0 Å². The molecule has 1 saturated heterocycles. The van der Waals surface area contributed by atoms with E-state index in [4.69, 9.17) is 0 Å². The molecule has 0 aromatic heterocycles. The summed E-state index contributed by atoms with van der Waals surface area (Å²) in [5, 5.41) is 0. The summed E-state index contributed by atoms with van der Waals surface area (Å²) in [7, 11) is 0. The number of aryl methyl sites for hydroxylation is 2. The third kappa shape index (κ3) is 3.51. The van der Waals surface area contributed by atoms with Crippen LogP contribution in [-0.4, -0.2) is 35.5 Å². The van der Waals surface area contributed by atoms with Crippen LogP contribution in [0.25, 0.3) is 0 Å². The van der Waals surface area contributed by atoms with E-state index >= 15 is 0 Å². The lowest BCUT2D eigenvalue weighted by molar-refractivity contribution is -0.160. The van der Waals surface area contributed by atoms with Crippen molar-refractivity contribution in [3.05, 3.63) is 34.4 Å². The molecule has 1 saturated carbocycles. The number of carbonyl (C=O) groups is 3. The second-order valence-electron chi connectivity index (χ2n) is 9.53. The Morgan fingerprint density at radius 1 is 1.07 bits per heavy atom. The van der Waals surface area contributed by atoms with E-state index in [0.717, 1.165) is 22.3 Å². The van der Waals surface area contributed by atoms with Gasteiger partial charge in [0.05, 0.1) is 0 Å². The third-order valence-electron chi connectivity index (χ3n) is 5.88. The maximum absolute atomic E-state index is 13.0. The van der Waals surface area contributed by atoms with Gasteiger partial charge in [0, 0.05) is 42.3 Å². The van der Waals surface area contributed by atoms with Crippen LogP contribution in [0.5, 0.6) is 0 Å². The van der Waals surface area contributed by atoms with E-state index < -0.39 is 11.3 Å². The SMILES string of the molecule is CC#Cc1cc(C)c(C2C(=O)CC3(CC2=O)CN(C(=O)C(C)(C)C)C3)c(C)c1. The van der Waals surface area contributed by atoms with E-state index in [1.165, 1.54) is 0 Å². The molecule has 0 N–H and O–H groups in total. The summed E-state index contributed by atoms with van der Waals surface area (Å²) in [5.74, 6) is 5.31. The highest BCUT2D eigenvalue weighted by Gasteiger charge is 2.54. The average molecular weight is 380 g/mol. The van der Waals surface area contributed by atoms with Crippen LogP contribution in [0.2, 0.25) is 0 Å². The van der Waals surface area contributed by atoms with E-state index in [1.54, 1.807) is 11.8 Å². The Balaban J connectivity index is 1.81. The number of ketones is 2. The number of rotatable bonds is 1. The predicted molar refractivity (Wildman–Crippen MR) is 109 cm³/mol. The third-order valence-corrected chi connectivity index (χ3v) is 5.88. The standard InChI is InChI=1S/C24H29NO3/c1-7-8-17-9-15(2)20(16(3)10-17)21-18(26)11-24(12-19(21)27)13-25(14-24)22(28)23(4,5)6/h9-10,21H,11-14H2,1-6H3. The highest BCUT2D eigenvalue weighted by molar-refractivity contribution is 6.11. The van der Waals surface area contributed by atoms with Crippen LogP contribution in [0.3, 0.4) is 0 Å². The van der Waals surface area contributed by atoms with Gasteiger partial charge in [-0.05, 0) is 49.6 Å². The maximum atomic E-state index is 13.0. The minimum absolute atomic E-state index is 0.0142. The number of benzene rings is 1. The number of nitrogens with zero attached hydrogens (tertiary/aromatic N) is 1. The lowest BCUT2D eigenvalue weighted by Gasteiger charge is -2.53. The van der Waals surface area contributed by atoms with Crippen LogP contribution in [0.1, 0.15) is 68.7 Å². The minimum atomic E-state index is -0.679. The molecule has 1 aromatic carbocycles. The summed E-state index contributed by atoms with van der Waals surface area (Å²) in [6.07, 6.45) is 0.736. The maximum Gasteiger partial charge on any atom is 0.227 e. The molecule has 1 heterocycles. The molecule has 4 heteroatoms. The van der Waals surface area contributed by atoms with E-state index in [2.05, 4.69) is 11.8 Å². The molecule has 0 unspecified atom stereocenters. The molecule has 28 heavy (non-hydrogen) atoms. The van der Waals surface area contributed by atoms with Gasteiger partial charge in [-0.1, -0.05) is 26.7 Å². The molecule has 2 fully saturated rings. The molecule has 0 atom stereocenters. The van der Waals surface area contributed by atoms with Gasteiger partial charge in [0.15, 0.2) is 0 Å². The summed E-state index contributed by atoms with van der Waals surface area (Å²) in [6.45, 7) is 12.4. The summed E-state index contributed by atoms with van der Waals surface area (Å²) < 4.78 is 0. The molecule has 1 aromatic rings. The zero-order valence-electron chi connectivity index (χ0n) is 17.7. The van der Waals surface area contributed by atoms with Gasteiger partial charge in [-0.15, -0.1) is 5.92 Å². The van der Waals surface area contributed by atoms with E-state index in [1.807, 2.05) is 46.8 Å². The van der Waals surface area contributed by atoms with Crippen molar-refractivity contribution in [2.45, 2.75) is 60.3 Å². The Kier molecular flexibility index (Phi) is 5.00. The van der Waals surface area contributed by atoms with Gasteiger partial charge in [0.1, 0.15) is 17.5 Å². The molecule has 2 aliphatic rings. The van der Waals surface area contributed by atoms with Gasteiger partial charge in [-0.25, -0.2) is 0 Å². The summed E-state index contributed by atoms with van der Waals surface area (Å²) in [4.78, 5) is 40.3. The summed E-state index contributed by atoms with van der Waals surface area (Å²) in [5.41, 5.74) is 2.83. The molecule has 1 aliphatic heterocycles. The molecule has 1 aliphatic carbocycles. The first-order chi connectivity index (χ1) is 13.0. The first-order valence-corrected chi connectivity index (χ1v) is 9.86. The zero-order valence-corrected chi connectivity index (χ0v) is 17.7. The van der Waals surface area contributed by atoms with E-state index in [-0.39, 0.29) is 22.9 Å². The summed E-state index contributed by atoms with van der Waals surface area (Å²) in [6, 6.07) is 3.91. The summed E-state index contributed by atoms with van der Waals surface area (Å²) >= 11 is 0. The fourth-order valence-electron chi connectivity index (χ4n) is 4.76. The first kappa shape index (κ1) is 20.3. The van der Waals surface area contributed by atoms with Crippen molar-refractivity contribution in [3.8, 4) is 11.8 Å². The Hall–Kier alpha value is -2.41. The fraction of sp³-hybridized carbons (Fsp3) is 0.542. The highest BCUT2D eigenvalue weighted by Crippen LogP contribution is 2.46. The van der Waals surface area contributed by atoms with Crippen LogP contribution in [0.15, 0.2) is 12.1 Å². The van der Waals surface area contributed by atoms with Gasteiger partial charge >= 0.3 is 0 Å². The number of carbonyl (C=O) groups excluding carboxylic acids is 3. The van der Waals surface area contributed by atoms with Crippen LogP contribution in [0, 0.1) is 36.5 Å². The van der Waals surface area contributed by atoms with Crippen molar-refractivity contribution in [3.63, 3.8) is 0 Å². The van der Waals surface area contributed by atoms with E-state index in [9.17, 15) is 14.4 Å². The predicted octanol–water partition coefficient (Wildman–Crippen LogP) is 3.57. The largest absolute Gasteiger partial charge is 0.341 e. The van der Waals surface area contributed by atoms with Gasteiger partial charge in [0.2, 0.25) is 5.91 Å². The van der Waals surface area contributed by atoms with Crippen LogP contribution in [0.4, 0.5) is 0 Å². The smallest absolute Gasteiger partial charge is 0.227 e.